The Kier molecular flexibility index (Phi) is 6.21. The maximum atomic E-state index is 12.1. The molecule has 22 heavy (non-hydrogen) atoms. The molecule has 1 atom stereocenters. The fraction of sp³-hybridized carbons (Fsp3) is 0.588. The Balaban J connectivity index is 1.75. The van der Waals surface area contributed by atoms with E-state index in [0.29, 0.717) is 19.0 Å². The summed E-state index contributed by atoms with van der Waals surface area (Å²) in [6, 6.07) is 7.99. The highest BCUT2D eigenvalue weighted by atomic mass is 16.5. The molecule has 2 rings (SSSR count). The molecule has 122 valence electrons. The minimum absolute atomic E-state index is 0.0603. The van der Waals surface area contributed by atoms with Crippen LogP contribution in [0.5, 0.6) is 5.75 Å². The Morgan fingerprint density at radius 1 is 1.41 bits per heavy atom. The van der Waals surface area contributed by atoms with Crippen molar-refractivity contribution in [1.82, 2.24) is 10.2 Å². The van der Waals surface area contributed by atoms with Crippen molar-refractivity contribution in [3.05, 3.63) is 29.8 Å². The summed E-state index contributed by atoms with van der Waals surface area (Å²) in [7, 11) is 1.64. The minimum Gasteiger partial charge on any atom is -0.496 e. The molecule has 5 heteroatoms. The van der Waals surface area contributed by atoms with Crippen molar-refractivity contribution >= 4 is 5.91 Å². The first kappa shape index (κ1) is 16.8. The van der Waals surface area contributed by atoms with Gasteiger partial charge in [0.05, 0.1) is 13.7 Å². The van der Waals surface area contributed by atoms with E-state index in [1.807, 2.05) is 24.3 Å². The molecule has 5 nitrogen and oxygen atoms in total. The first-order valence-corrected chi connectivity index (χ1v) is 7.96. The number of piperidine rings is 1. The first-order chi connectivity index (χ1) is 10.6. The van der Waals surface area contributed by atoms with Crippen LogP contribution in [0.2, 0.25) is 0 Å². The molecule has 1 heterocycles. The number of hydrogen-bond acceptors (Lipinski definition) is 4. The molecule has 0 bridgehead atoms. The second kappa shape index (κ2) is 8.15. The van der Waals surface area contributed by atoms with Crippen LogP contribution in [-0.4, -0.2) is 43.6 Å². The van der Waals surface area contributed by atoms with Gasteiger partial charge in [-0.15, -0.1) is 0 Å². The quantitative estimate of drug-likeness (QED) is 0.833. The van der Waals surface area contributed by atoms with Crippen LogP contribution in [0, 0.1) is 5.92 Å². The topological polar surface area (TPSA) is 67.6 Å². The second-order valence-corrected chi connectivity index (χ2v) is 6.06. The predicted octanol–water partition coefficient (Wildman–Crippen LogP) is 1.37. The molecule has 1 unspecified atom stereocenters. The summed E-state index contributed by atoms with van der Waals surface area (Å²) in [6.45, 7) is 4.93. The van der Waals surface area contributed by atoms with Crippen LogP contribution in [-0.2, 0) is 11.3 Å². The molecular formula is C17H27N3O2. The lowest BCUT2D eigenvalue weighted by Gasteiger charge is -2.33. The van der Waals surface area contributed by atoms with Crippen molar-refractivity contribution in [2.45, 2.75) is 32.4 Å². The number of nitrogens with one attached hydrogen (secondary N) is 1. The van der Waals surface area contributed by atoms with Crippen molar-refractivity contribution < 1.29 is 9.53 Å². The predicted molar refractivity (Wildman–Crippen MR) is 87.7 cm³/mol. The number of carbonyl (C=O) groups is 1. The van der Waals surface area contributed by atoms with E-state index in [1.54, 1.807) is 7.11 Å². The summed E-state index contributed by atoms with van der Waals surface area (Å²) in [4.78, 5) is 14.3. The van der Waals surface area contributed by atoms with Gasteiger partial charge in [-0.25, -0.2) is 0 Å². The number of amides is 1. The highest BCUT2D eigenvalue weighted by molar-refractivity contribution is 5.78. The van der Waals surface area contributed by atoms with Crippen molar-refractivity contribution in [3.8, 4) is 5.75 Å². The maximum absolute atomic E-state index is 12.1. The number of nitrogens with two attached hydrogens (primary N) is 1. The molecule has 1 aliphatic heterocycles. The molecule has 1 aromatic rings. The van der Waals surface area contributed by atoms with E-state index in [1.165, 1.54) is 0 Å². The number of ether oxygens (including phenoxy) is 1. The lowest BCUT2D eigenvalue weighted by Crippen LogP contribution is -2.44. The zero-order valence-corrected chi connectivity index (χ0v) is 13.5. The van der Waals surface area contributed by atoms with E-state index in [9.17, 15) is 4.79 Å². The third-order valence-electron chi connectivity index (χ3n) is 4.41. The largest absolute Gasteiger partial charge is 0.496 e. The number of nitrogens with zero attached hydrogens (tertiary/aromatic N) is 1. The summed E-state index contributed by atoms with van der Waals surface area (Å²) in [5, 5.41) is 2.97. The number of likely N-dealkylation sites (tertiary alicyclic amines) is 1. The number of methoxy groups -OCH3 is 1. The normalized spacial score (nSPS) is 18.0. The monoisotopic (exact) mass is 305 g/mol. The molecule has 1 aliphatic rings. The van der Waals surface area contributed by atoms with Gasteiger partial charge in [0, 0.05) is 18.2 Å². The van der Waals surface area contributed by atoms with E-state index in [4.69, 9.17) is 10.5 Å². The van der Waals surface area contributed by atoms with Gasteiger partial charge in [0.25, 0.3) is 0 Å². The molecule has 1 fully saturated rings. The van der Waals surface area contributed by atoms with Crippen LogP contribution in [0.3, 0.4) is 0 Å². The van der Waals surface area contributed by atoms with Crippen LogP contribution in [0.15, 0.2) is 24.3 Å². The van der Waals surface area contributed by atoms with Gasteiger partial charge in [-0.1, -0.05) is 18.2 Å². The lowest BCUT2D eigenvalue weighted by atomic mass is 9.91. The zero-order chi connectivity index (χ0) is 15.9. The molecule has 0 aliphatic carbocycles. The van der Waals surface area contributed by atoms with Gasteiger partial charge < -0.3 is 15.8 Å². The van der Waals surface area contributed by atoms with Crippen LogP contribution >= 0.6 is 0 Å². The van der Waals surface area contributed by atoms with Crippen LogP contribution in [0.1, 0.15) is 25.3 Å². The Morgan fingerprint density at radius 3 is 2.73 bits per heavy atom. The smallest absolute Gasteiger partial charge is 0.234 e. The fourth-order valence-electron chi connectivity index (χ4n) is 2.94. The third kappa shape index (κ3) is 4.71. The Hall–Kier alpha value is -1.59. The van der Waals surface area contributed by atoms with Crippen molar-refractivity contribution in [1.29, 1.82) is 0 Å². The molecule has 0 saturated carbocycles. The summed E-state index contributed by atoms with van der Waals surface area (Å²) < 4.78 is 5.29. The molecule has 1 amide bonds. The number of carbonyl (C=O) groups excluding carboxylic acids is 1. The Bertz CT molecular complexity index is 483. The van der Waals surface area contributed by atoms with E-state index >= 15 is 0 Å². The second-order valence-electron chi connectivity index (χ2n) is 6.06. The average molecular weight is 305 g/mol. The standard InChI is InChI=1S/C17H27N3O2/c1-13(18)14-7-9-20(10-8-14)12-17(21)19-11-15-5-3-4-6-16(15)22-2/h3-6,13-14H,7-12,18H2,1-2H3,(H,19,21). The lowest BCUT2D eigenvalue weighted by molar-refractivity contribution is -0.122. The maximum Gasteiger partial charge on any atom is 0.234 e. The van der Waals surface area contributed by atoms with E-state index in [-0.39, 0.29) is 11.9 Å². The van der Waals surface area contributed by atoms with Gasteiger partial charge in [-0.3, -0.25) is 9.69 Å². The highest BCUT2D eigenvalue weighted by Gasteiger charge is 2.22. The van der Waals surface area contributed by atoms with Crippen LogP contribution in [0.4, 0.5) is 0 Å². The van der Waals surface area contributed by atoms with Gasteiger partial charge in [-0.2, -0.15) is 0 Å². The summed E-state index contributed by atoms with van der Waals surface area (Å²) in [6.07, 6.45) is 2.16. The first-order valence-electron chi connectivity index (χ1n) is 7.96. The van der Waals surface area contributed by atoms with Gasteiger partial charge in [0.2, 0.25) is 5.91 Å². The third-order valence-corrected chi connectivity index (χ3v) is 4.41. The van der Waals surface area contributed by atoms with E-state index < -0.39 is 0 Å². The molecule has 0 spiro atoms. The van der Waals surface area contributed by atoms with Crippen molar-refractivity contribution in [2.24, 2.45) is 11.7 Å². The molecular weight excluding hydrogens is 278 g/mol. The number of hydrogen-bond donors (Lipinski definition) is 2. The molecule has 1 aromatic carbocycles. The van der Waals surface area contributed by atoms with E-state index in [0.717, 1.165) is 37.2 Å². The van der Waals surface area contributed by atoms with Gasteiger partial charge in [0.15, 0.2) is 0 Å². The molecule has 1 saturated heterocycles. The minimum atomic E-state index is 0.0603. The van der Waals surface area contributed by atoms with Crippen molar-refractivity contribution in [3.63, 3.8) is 0 Å². The number of benzene rings is 1. The number of rotatable bonds is 6. The van der Waals surface area contributed by atoms with Gasteiger partial charge in [0.1, 0.15) is 5.75 Å². The van der Waals surface area contributed by atoms with Gasteiger partial charge in [-0.05, 0) is 44.8 Å². The molecule has 0 radical (unpaired) electrons. The Morgan fingerprint density at radius 2 is 2.09 bits per heavy atom. The average Bonchev–Trinajstić information content (AvgIpc) is 2.53. The Labute approximate surface area is 132 Å². The van der Waals surface area contributed by atoms with Crippen LogP contribution < -0.4 is 15.8 Å². The molecule has 0 aromatic heterocycles. The van der Waals surface area contributed by atoms with Gasteiger partial charge >= 0.3 is 0 Å². The zero-order valence-electron chi connectivity index (χ0n) is 13.5. The van der Waals surface area contributed by atoms with E-state index in [2.05, 4.69) is 17.1 Å². The number of para-hydroxylation sites is 1. The van der Waals surface area contributed by atoms with Crippen LogP contribution in [0.25, 0.3) is 0 Å². The fourth-order valence-corrected chi connectivity index (χ4v) is 2.94. The van der Waals surface area contributed by atoms with Crippen molar-refractivity contribution in [2.75, 3.05) is 26.7 Å². The molecule has 3 N–H and O–H groups in total. The highest BCUT2D eigenvalue weighted by Crippen LogP contribution is 2.19. The summed E-state index contributed by atoms with van der Waals surface area (Å²) >= 11 is 0. The summed E-state index contributed by atoms with van der Waals surface area (Å²) in [5.74, 6) is 1.46. The summed E-state index contributed by atoms with van der Waals surface area (Å²) in [5.41, 5.74) is 6.94. The SMILES string of the molecule is COc1ccccc1CNC(=O)CN1CCC(C(C)N)CC1.